The predicted octanol–water partition coefficient (Wildman–Crippen LogP) is -0.0653. The summed E-state index contributed by atoms with van der Waals surface area (Å²) >= 11 is 0. The normalized spacial score (nSPS) is 10.2. The van der Waals surface area contributed by atoms with Crippen LogP contribution in [0.4, 0.5) is 17.6 Å². The van der Waals surface area contributed by atoms with Crippen LogP contribution in [0.3, 0.4) is 0 Å². The third kappa shape index (κ3) is 2.09. The molecule has 0 spiro atoms. The molecule has 0 aliphatic heterocycles. The van der Waals surface area contributed by atoms with Crippen molar-refractivity contribution in [2.24, 2.45) is 7.05 Å². The van der Waals surface area contributed by atoms with Crippen molar-refractivity contribution < 1.29 is 0 Å². The van der Waals surface area contributed by atoms with Crippen LogP contribution >= 0.6 is 0 Å². The molecule has 1 heterocycles. The number of hydrogen-bond donors (Lipinski definition) is 2. The average Bonchev–Trinajstić information content (AvgIpc) is 2.45. The molecule has 0 saturated carbocycles. The summed E-state index contributed by atoms with van der Waals surface area (Å²) in [6.45, 7) is 0. The van der Waals surface area contributed by atoms with Crippen molar-refractivity contribution in [2.75, 3.05) is 11.1 Å². The lowest BCUT2D eigenvalue weighted by Gasteiger charge is -2.04. The Morgan fingerprint density at radius 2 is 2.27 bits per heavy atom. The molecule has 1 aromatic carbocycles. The van der Waals surface area contributed by atoms with E-state index in [-0.39, 0.29) is 5.95 Å². The molecule has 1 aromatic heterocycles. The summed E-state index contributed by atoms with van der Waals surface area (Å²) in [6.07, 6.45) is 0. The molecular weight excluding hydrogens is 189 g/mol. The van der Waals surface area contributed by atoms with E-state index in [1.165, 1.54) is 0 Å². The highest BCUT2D eigenvalue weighted by Crippen LogP contribution is 2.12. The largest absolute Gasteiger partial charge is 0.366 e. The van der Waals surface area contributed by atoms with Gasteiger partial charge in [-0.2, -0.15) is 4.98 Å². The molecule has 2 rings (SSSR count). The number of nitrogens with zero attached hydrogens (tertiary/aromatic N) is 3. The van der Waals surface area contributed by atoms with Gasteiger partial charge in [-0.1, -0.05) is 17.6 Å². The third-order valence-electron chi connectivity index (χ3n) is 1.92. The van der Waals surface area contributed by atoms with Gasteiger partial charge in [0.1, 0.15) is 7.85 Å². The van der Waals surface area contributed by atoms with Gasteiger partial charge in [0, 0.05) is 12.7 Å². The van der Waals surface area contributed by atoms with Gasteiger partial charge in [-0.15, -0.1) is 5.10 Å². The van der Waals surface area contributed by atoms with Crippen molar-refractivity contribution in [3.63, 3.8) is 0 Å². The molecule has 0 atom stereocenters. The fourth-order valence-corrected chi connectivity index (χ4v) is 1.26. The average molecular weight is 199 g/mol. The van der Waals surface area contributed by atoms with Crippen LogP contribution in [0.25, 0.3) is 0 Å². The molecule has 6 heteroatoms. The second-order valence-electron chi connectivity index (χ2n) is 3.17. The SMILES string of the molecule is [B]c1cccc(Nc2nc(N)nn2C)c1. The standard InChI is InChI=1S/C9H10BN5/c1-15-9(13-8(11)14-15)12-7-4-2-3-6(10)5-7/h2-5H,1H3,(H3,11,12,13,14). The van der Waals surface area contributed by atoms with Gasteiger partial charge in [0.15, 0.2) is 0 Å². The van der Waals surface area contributed by atoms with Crippen LogP contribution in [0.15, 0.2) is 24.3 Å². The van der Waals surface area contributed by atoms with E-state index in [9.17, 15) is 0 Å². The highest BCUT2D eigenvalue weighted by molar-refractivity contribution is 6.32. The van der Waals surface area contributed by atoms with Crippen molar-refractivity contribution in [3.05, 3.63) is 24.3 Å². The van der Waals surface area contributed by atoms with Gasteiger partial charge in [-0.05, 0) is 12.1 Å². The van der Waals surface area contributed by atoms with E-state index in [1.54, 1.807) is 11.7 Å². The summed E-state index contributed by atoms with van der Waals surface area (Å²) < 4.78 is 1.57. The van der Waals surface area contributed by atoms with Crippen molar-refractivity contribution in [1.29, 1.82) is 0 Å². The first-order chi connectivity index (χ1) is 7.15. The monoisotopic (exact) mass is 199 g/mol. The second kappa shape index (κ2) is 3.64. The van der Waals surface area contributed by atoms with Gasteiger partial charge in [-0.3, -0.25) is 0 Å². The minimum atomic E-state index is 0.240. The minimum Gasteiger partial charge on any atom is -0.366 e. The molecule has 5 nitrogen and oxygen atoms in total. The quantitative estimate of drug-likeness (QED) is 0.664. The number of nitrogen functional groups attached to an aromatic ring is 1. The molecule has 74 valence electrons. The Labute approximate surface area is 88.7 Å². The minimum absolute atomic E-state index is 0.240. The molecule has 0 aliphatic rings. The number of anilines is 3. The Morgan fingerprint density at radius 3 is 2.87 bits per heavy atom. The molecule has 0 saturated heterocycles. The van der Waals surface area contributed by atoms with E-state index < -0.39 is 0 Å². The summed E-state index contributed by atoms with van der Waals surface area (Å²) in [7, 11) is 7.41. The molecule has 0 unspecified atom stereocenters. The zero-order chi connectivity index (χ0) is 10.8. The van der Waals surface area contributed by atoms with Crippen LogP contribution in [0.5, 0.6) is 0 Å². The van der Waals surface area contributed by atoms with Gasteiger partial charge in [0.05, 0.1) is 0 Å². The molecule has 0 amide bonds. The molecule has 3 N–H and O–H groups in total. The number of aromatic nitrogens is 3. The number of benzene rings is 1. The Kier molecular flexibility index (Phi) is 2.33. The number of nitrogens with one attached hydrogen (secondary N) is 1. The van der Waals surface area contributed by atoms with Crippen LogP contribution in [0, 0.1) is 0 Å². The van der Waals surface area contributed by atoms with Crippen molar-refractivity contribution in [1.82, 2.24) is 14.8 Å². The second-order valence-corrected chi connectivity index (χ2v) is 3.17. The van der Waals surface area contributed by atoms with Crippen LogP contribution in [0.1, 0.15) is 0 Å². The van der Waals surface area contributed by atoms with Gasteiger partial charge in [0.2, 0.25) is 11.9 Å². The van der Waals surface area contributed by atoms with E-state index in [4.69, 9.17) is 13.6 Å². The molecule has 0 fully saturated rings. The van der Waals surface area contributed by atoms with Crippen molar-refractivity contribution in [2.45, 2.75) is 0 Å². The number of hydrogen-bond acceptors (Lipinski definition) is 4. The fourth-order valence-electron chi connectivity index (χ4n) is 1.26. The van der Waals surface area contributed by atoms with Crippen molar-refractivity contribution in [3.8, 4) is 0 Å². The summed E-state index contributed by atoms with van der Waals surface area (Å²) in [5.41, 5.74) is 7.00. The van der Waals surface area contributed by atoms with Crippen molar-refractivity contribution >= 4 is 30.9 Å². The first-order valence-electron chi connectivity index (χ1n) is 4.44. The summed E-state index contributed by atoms with van der Waals surface area (Å²) in [4.78, 5) is 4.01. The lowest BCUT2D eigenvalue weighted by atomic mass is 9.96. The molecule has 15 heavy (non-hydrogen) atoms. The fraction of sp³-hybridized carbons (Fsp3) is 0.111. The highest BCUT2D eigenvalue weighted by atomic mass is 15.4. The molecule has 0 aliphatic carbocycles. The van der Waals surface area contributed by atoms with Gasteiger partial charge in [0.25, 0.3) is 0 Å². The van der Waals surface area contributed by atoms with E-state index in [0.29, 0.717) is 11.4 Å². The van der Waals surface area contributed by atoms with E-state index >= 15 is 0 Å². The van der Waals surface area contributed by atoms with Gasteiger partial charge in [-0.25, -0.2) is 4.68 Å². The van der Waals surface area contributed by atoms with E-state index in [0.717, 1.165) is 5.69 Å². The molecule has 0 bridgehead atoms. The Morgan fingerprint density at radius 1 is 1.47 bits per heavy atom. The topological polar surface area (TPSA) is 68.8 Å². The number of nitrogens with two attached hydrogens (primary N) is 1. The third-order valence-corrected chi connectivity index (χ3v) is 1.92. The maximum absolute atomic E-state index is 5.65. The predicted molar refractivity (Wildman–Crippen MR) is 60.5 cm³/mol. The molecule has 2 aromatic rings. The Hall–Kier alpha value is -1.98. The summed E-state index contributed by atoms with van der Waals surface area (Å²) in [6, 6.07) is 7.37. The smallest absolute Gasteiger partial charge is 0.241 e. The first kappa shape index (κ1) is 9.58. The molecule has 2 radical (unpaired) electrons. The van der Waals surface area contributed by atoms with E-state index in [1.807, 2.05) is 24.3 Å². The Balaban J connectivity index is 2.25. The zero-order valence-corrected chi connectivity index (χ0v) is 8.31. The van der Waals surface area contributed by atoms with Crippen LogP contribution in [-0.2, 0) is 7.05 Å². The lowest BCUT2D eigenvalue weighted by Crippen LogP contribution is -2.05. The lowest BCUT2D eigenvalue weighted by molar-refractivity contribution is 0.779. The summed E-state index contributed by atoms with van der Waals surface area (Å²) in [5.74, 6) is 0.821. The van der Waals surface area contributed by atoms with Crippen LogP contribution in [0.2, 0.25) is 0 Å². The van der Waals surface area contributed by atoms with Gasteiger partial charge < -0.3 is 11.1 Å². The van der Waals surface area contributed by atoms with Gasteiger partial charge >= 0.3 is 0 Å². The Bertz CT molecular complexity index is 479. The maximum atomic E-state index is 5.65. The maximum Gasteiger partial charge on any atom is 0.241 e. The van der Waals surface area contributed by atoms with Crippen LogP contribution in [-0.4, -0.2) is 22.6 Å². The van der Waals surface area contributed by atoms with Crippen LogP contribution < -0.4 is 16.5 Å². The zero-order valence-electron chi connectivity index (χ0n) is 8.31. The number of aryl methyl sites for hydroxylation is 1. The van der Waals surface area contributed by atoms with E-state index in [2.05, 4.69) is 15.4 Å². The molecular formula is C9H10BN5. The first-order valence-corrected chi connectivity index (χ1v) is 4.44. The number of rotatable bonds is 2. The highest BCUT2D eigenvalue weighted by Gasteiger charge is 2.03. The summed E-state index contributed by atoms with van der Waals surface area (Å²) in [5, 5.41) is 6.98.